The van der Waals surface area contributed by atoms with Crippen LogP contribution in [0.1, 0.15) is 29.6 Å². The number of halogens is 1. The average Bonchev–Trinajstić information content (AvgIpc) is 3.23. The Kier molecular flexibility index (Phi) is 5.22. The van der Waals surface area contributed by atoms with Gasteiger partial charge in [-0.15, -0.1) is 0 Å². The van der Waals surface area contributed by atoms with Gasteiger partial charge in [0.15, 0.2) is 0 Å². The van der Waals surface area contributed by atoms with Gasteiger partial charge in [-0.25, -0.2) is 0 Å². The molecule has 0 bridgehead atoms. The Labute approximate surface area is 122 Å². The lowest BCUT2D eigenvalue weighted by molar-refractivity contribution is 0.0952. The first-order chi connectivity index (χ1) is 9.20. The second kappa shape index (κ2) is 6.91. The Balaban J connectivity index is 1.77. The molecule has 0 saturated heterocycles. The van der Waals surface area contributed by atoms with E-state index in [-0.39, 0.29) is 5.91 Å². The van der Waals surface area contributed by atoms with Gasteiger partial charge in [-0.3, -0.25) is 4.79 Å². The fourth-order valence-electron chi connectivity index (χ4n) is 1.78. The molecule has 5 heteroatoms. The third kappa shape index (κ3) is 4.51. The largest absolute Gasteiger partial charge is 0.497 e. The number of methoxy groups -OCH3 is 1. The molecule has 0 radical (unpaired) electrons. The summed E-state index contributed by atoms with van der Waals surface area (Å²) in [5.74, 6) is 0.612. The fourth-order valence-corrected chi connectivity index (χ4v) is 2.21. The van der Waals surface area contributed by atoms with Crippen molar-refractivity contribution >= 4 is 21.8 Å². The second-order valence-electron chi connectivity index (χ2n) is 4.68. The Morgan fingerprint density at radius 1 is 1.42 bits per heavy atom. The highest BCUT2D eigenvalue weighted by Crippen LogP contribution is 2.22. The highest BCUT2D eigenvalue weighted by atomic mass is 79.9. The van der Waals surface area contributed by atoms with Crippen molar-refractivity contribution in [2.24, 2.45) is 0 Å². The third-order valence-electron chi connectivity index (χ3n) is 3.07. The maximum Gasteiger partial charge on any atom is 0.252 e. The molecule has 1 aliphatic rings. The van der Waals surface area contributed by atoms with E-state index < -0.39 is 0 Å². The molecule has 1 amide bonds. The molecule has 0 spiro atoms. The van der Waals surface area contributed by atoms with Gasteiger partial charge in [-0.2, -0.15) is 0 Å². The first-order valence-corrected chi connectivity index (χ1v) is 7.35. The Bertz CT molecular complexity index is 447. The van der Waals surface area contributed by atoms with Gasteiger partial charge in [-0.05, 0) is 59.9 Å². The van der Waals surface area contributed by atoms with Crippen LogP contribution in [0.3, 0.4) is 0 Å². The third-order valence-corrected chi connectivity index (χ3v) is 3.76. The lowest BCUT2D eigenvalue weighted by Gasteiger charge is -2.09. The van der Waals surface area contributed by atoms with Crippen LogP contribution >= 0.6 is 15.9 Å². The molecule has 0 aromatic heterocycles. The van der Waals surface area contributed by atoms with E-state index >= 15 is 0 Å². The van der Waals surface area contributed by atoms with Crippen molar-refractivity contribution in [3.05, 3.63) is 28.2 Å². The van der Waals surface area contributed by atoms with E-state index in [9.17, 15) is 4.79 Å². The van der Waals surface area contributed by atoms with Crippen molar-refractivity contribution < 1.29 is 9.53 Å². The zero-order chi connectivity index (χ0) is 13.7. The zero-order valence-corrected chi connectivity index (χ0v) is 12.6. The molecule has 1 fully saturated rings. The number of ether oxygens (including phenoxy) is 1. The molecule has 0 aliphatic heterocycles. The molecule has 1 aliphatic carbocycles. The summed E-state index contributed by atoms with van der Waals surface area (Å²) in [5.41, 5.74) is 0.606. The van der Waals surface area contributed by atoms with E-state index in [1.54, 1.807) is 13.2 Å². The molecule has 2 rings (SSSR count). The molecular formula is C14H19BrN2O2. The highest BCUT2D eigenvalue weighted by molar-refractivity contribution is 9.10. The van der Waals surface area contributed by atoms with Crippen LogP contribution in [0.15, 0.2) is 22.7 Å². The van der Waals surface area contributed by atoms with Crippen molar-refractivity contribution in [3.8, 4) is 5.75 Å². The molecule has 1 saturated carbocycles. The highest BCUT2D eigenvalue weighted by Gasteiger charge is 2.19. The molecule has 0 unspecified atom stereocenters. The molecule has 0 atom stereocenters. The van der Waals surface area contributed by atoms with Gasteiger partial charge in [0, 0.05) is 17.1 Å². The van der Waals surface area contributed by atoms with Gasteiger partial charge < -0.3 is 15.4 Å². The maximum atomic E-state index is 12.0. The summed E-state index contributed by atoms with van der Waals surface area (Å²) >= 11 is 3.38. The molecule has 2 N–H and O–H groups in total. The topological polar surface area (TPSA) is 50.4 Å². The summed E-state index contributed by atoms with van der Waals surface area (Å²) in [6.07, 6.45) is 3.54. The predicted molar refractivity (Wildman–Crippen MR) is 78.7 cm³/mol. The van der Waals surface area contributed by atoms with Crippen molar-refractivity contribution in [2.75, 3.05) is 20.2 Å². The Hall–Kier alpha value is -1.07. The standard InChI is InChI=1S/C14H19BrN2O2/c1-19-11-5-6-13(15)12(9-11)14(18)17-8-2-7-16-10-3-4-10/h5-6,9-10,16H,2-4,7-8H2,1H3,(H,17,18). The summed E-state index contributed by atoms with van der Waals surface area (Å²) in [6, 6.07) is 6.10. The van der Waals surface area contributed by atoms with E-state index in [1.165, 1.54) is 12.8 Å². The molecule has 1 aromatic carbocycles. The average molecular weight is 327 g/mol. The minimum absolute atomic E-state index is 0.0720. The van der Waals surface area contributed by atoms with E-state index in [1.807, 2.05) is 12.1 Å². The van der Waals surface area contributed by atoms with Crippen LogP contribution < -0.4 is 15.4 Å². The molecular weight excluding hydrogens is 308 g/mol. The summed E-state index contributed by atoms with van der Waals surface area (Å²) in [4.78, 5) is 12.0. The predicted octanol–water partition coefficient (Wildman–Crippen LogP) is 2.33. The van der Waals surface area contributed by atoms with E-state index in [2.05, 4.69) is 26.6 Å². The summed E-state index contributed by atoms with van der Waals surface area (Å²) in [5, 5.41) is 6.34. The summed E-state index contributed by atoms with van der Waals surface area (Å²) < 4.78 is 5.91. The number of nitrogens with one attached hydrogen (secondary N) is 2. The first-order valence-electron chi connectivity index (χ1n) is 6.56. The molecule has 4 nitrogen and oxygen atoms in total. The monoisotopic (exact) mass is 326 g/mol. The van der Waals surface area contributed by atoms with Crippen molar-refractivity contribution in [1.29, 1.82) is 0 Å². The Morgan fingerprint density at radius 2 is 2.21 bits per heavy atom. The number of hydrogen-bond acceptors (Lipinski definition) is 3. The van der Waals surface area contributed by atoms with E-state index in [0.29, 0.717) is 17.9 Å². The fraction of sp³-hybridized carbons (Fsp3) is 0.500. The van der Waals surface area contributed by atoms with Gasteiger partial charge in [0.25, 0.3) is 5.91 Å². The first kappa shape index (κ1) is 14.3. The maximum absolute atomic E-state index is 12.0. The molecule has 1 aromatic rings. The number of carbonyl (C=O) groups excluding carboxylic acids is 1. The van der Waals surface area contributed by atoms with Gasteiger partial charge in [-0.1, -0.05) is 0 Å². The lowest BCUT2D eigenvalue weighted by Crippen LogP contribution is -2.28. The normalized spacial score (nSPS) is 14.2. The summed E-state index contributed by atoms with van der Waals surface area (Å²) in [7, 11) is 1.59. The number of rotatable bonds is 7. The quantitative estimate of drug-likeness (QED) is 0.756. The SMILES string of the molecule is COc1ccc(Br)c(C(=O)NCCCNC2CC2)c1. The van der Waals surface area contributed by atoms with Crippen molar-refractivity contribution in [2.45, 2.75) is 25.3 Å². The van der Waals surface area contributed by atoms with Crippen LogP contribution in [0.5, 0.6) is 5.75 Å². The number of benzene rings is 1. The lowest BCUT2D eigenvalue weighted by atomic mass is 10.2. The molecule has 0 heterocycles. The van der Waals surface area contributed by atoms with Crippen LogP contribution in [-0.2, 0) is 0 Å². The van der Waals surface area contributed by atoms with E-state index in [4.69, 9.17) is 4.74 Å². The zero-order valence-electron chi connectivity index (χ0n) is 11.0. The minimum atomic E-state index is -0.0720. The Morgan fingerprint density at radius 3 is 2.89 bits per heavy atom. The smallest absolute Gasteiger partial charge is 0.252 e. The van der Waals surface area contributed by atoms with Crippen LogP contribution in [0.4, 0.5) is 0 Å². The molecule has 19 heavy (non-hydrogen) atoms. The van der Waals surface area contributed by atoms with E-state index in [0.717, 1.165) is 23.5 Å². The van der Waals surface area contributed by atoms with Crippen LogP contribution in [0.2, 0.25) is 0 Å². The molecule has 104 valence electrons. The number of carbonyl (C=O) groups is 1. The van der Waals surface area contributed by atoms with Crippen LogP contribution in [0, 0.1) is 0 Å². The van der Waals surface area contributed by atoms with Gasteiger partial charge in [0.05, 0.1) is 12.7 Å². The van der Waals surface area contributed by atoms with Crippen LogP contribution in [-0.4, -0.2) is 32.1 Å². The van der Waals surface area contributed by atoms with Crippen LogP contribution in [0.25, 0.3) is 0 Å². The second-order valence-corrected chi connectivity index (χ2v) is 5.54. The van der Waals surface area contributed by atoms with Crippen molar-refractivity contribution in [3.63, 3.8) is 0 Å². The minimum Gasteiger partial charge on any atom is -0.497 e. The van der Waals surface area contributed by atoms with Gasteiger partial charge in [0.1, 0.15) is 5.75 Å². The van der Waals surface area contributed by atoms with Gasteiger partial charge >= 0.3 is 0 Å². The summed E-state index contributed by atoms with van der Waals surface area (Å²) in [6.45, 7) is 1.65. The number of hydrogen-bond donors (Lipinski definition) is 2. The number of amides is 1. The van der Waals surface area contributed by atoms with Gasteiger partial charge in [0.2, 0.25) is 0 Å². The van der Waals surface area contributed by atoms with Crippen molar-refractivity contribution in [1.82, 2.24) is 10.6 Å².